The molecule has 5 rings (SSSR count). The van der Waals surface area contributed by atoms with Gasteiger partial charge < -0.3 is 14.4 Å². The molecule has 6 nitrogen and oxygen atoms in total. The van der Waals surface area contributed by atoms with E-state index in [1.807, 2.05) is 0 Å². The number of fused-ring (bicyclic) bond motifs is 2. The normalized spacial score (nSPS) is 24.0. The second kappa shape index (κ2) is 7.59. The number of likely N-dealkylation sites (tertiary alicyclic amines) is 1. The van der Waals surface area contributed by atoms with E-state index in [0.717, 1.165) is 56.6 Å². The number of hydrogen-bond acceptors (Lipinski definition) is 6. The standard InChI is InChI=1S/C22H28N4O2/c1-27-22-21(23-8-9-24-22)26-12-6-17-5-11-25(19(17)15-26)10-4-16-2-3-20-18(14-16)7-13-28-20/h2-3,8-9,14,17,19H,4-7,10-13,15H2,1H3. The van der Waals surface area contributed by atoms with E-state index in [9.17, 15) is 0 Å². The van der Waals surface area contributed by atoms with Crippen molar-refractivity contribution >= 4 is 5.82 Å². The Labute approximate surface area is 166 Å². The van der Waals surface area contributed by atoms with Crippen molar-refractivity contribution in [3.8, 4) is 11.6 Å². The fraction of sp³-hybridized carbons (Fsp3) is 0.545. The molecule has 0 N–H and O–H groups in total. The lowest BCUT2D eigenvalue weighted by molar-refractivity contribution is 0.209. The highest BCUT2D eigenvalue weighted by Crippen LogP contribution is 2.35. The molecular formula is C22H28N4O2. The fourth-order valence-corrected chi connectivity index (χ4v) is 5.04. The van der Waals surface area contributed by atoms with E-state index in [1.165, 1.54) is 30.5 Å². The Balaban J connectivity index is 1.25. The van der Waals surface area contributed by atoms with Crippen LogP contribution in [0, 0.1) is 5.92 Å². The van der Waals surface area contributed by atoms with E-state index >= 15 is 0 Å². The topological polar surface area (TPSA) is 50.7 Å². The Hall–Kier alpha value is -2.34. The molecule has 2 fully saturated rings. The summed E-state index contributed by atoms with van der Waals surface area (Å²) < 4.78 is 11.1. The zero-order valence-electron chi connectivity index (χ0n) is 16.5. The number of nitrogens with zero attached hydrogens (tertiary/aromatic N) is 4. The van der Waals surface area contributed by atoms with Crippen LogP contribution in [-0.2, 0) is 12.8 Å². The van der Waals surface area contributed by atoms with Crippen LogP contribution in [0.3, 0.4) is 0 Å². The molecule has 0 aliphatic carbocycles. The lowest BCUT2D eigenvalue weighted by Crippen LogP contribution is -2.49. The third-order valence-corrected chi connectivity index (χ3v) is 6.56. The highest BCUT2D eigenvalue weighted by molar-refractivity contribution is 5.48. The summed E-state index contributed by atoms with van der Waals surface area (Å²) in [7, 11) is 1.67. The van der Waals surface area contributed by atoms with Crippen LogP contribution in [0.2, 0.25) is 0 Å². The molecule has 2 saturated heterocycles. The SMILES string of the molecule is COc1nccnc1N1CCC2CCN(CCc3ccc4c(c3)CCO4)C2C1. The molecular weight excluding hydrogens is 352 g/mol. The number of anilines is 1. The van der Waals surface area contributed by atoms with Gasteiger partial charge in [0.25, 0.3) is 5.88 Å². The zero-order chi connectivity index (χ0) is 18.9. The molecule has 3 aliphatic rings. The maximum Gasteiger partial charge on any atom is 0.257 e. The van der Waals surface area contributed by atoms with Gasteiger partial charge in [0, 0.05) is 44.5 Å². The van der Waals surface area contributed by atoms with Crippen molar-refractivity contribution in [3.63, 3.8) is 0 Å². The van der Waals surface area contributed by atoms with Crippen molar-refractivity contribution in [1.29, 1.82) is 0 Å². The van der Waals surface area contributed by atoms with E-state index in [0.29, 0.717) is 11.9 Å². The summed E-state index contributed by atoms with van der Waals surface area (Å²) in [6, 6.07) is 7.31. The van der Waals surface area contributed by atoms with E-state index < -0.39 is 0 Å². The lowest BCUT2D eigenvalue weighted by Gasteiger charge is -2.39. The van der Waals surface area contributed by atoms with Gasteiger partial charge in [-0.15, -0.1) is 0 Å². The second-order valence-electron chi connectivity index (χ2n) is 8.07. The van der Waals surface area contributed by atoms with Gasteiger partial charge in [-0.25, -0.2) is 9.97 Å². The third kappa shape index (κ3) is 3.30. The highest BCUT2D eigenvalue weighted by atomic mass is 16.5. The van der Waals surface area contributed by atoms with Gasteiger partial charge in [-0.05, 0) is 48.9 Å². The molecule has 148 valence electrons. The Morgan fingerprint density at radius 3 is 3.00 bits per heavy atom. The minimum atomic E-state index is 0.596. The van der Waals surface area contributed by atoms with Gasteiger partial charge >= 0.3 is 0 Å². The van der Waals surface area contributed by atoms with Gasteiger partial charge in [-0.1, -0.05) is 12.1 Å². The van der Waals surface area contributed by atoms with Gasteiger partial charge in [0.2, 0.25) is 0 Å². The highest BCUT2D eigenvalue weighted by Gasteiger charge is 2.39. The number of hydrogen-bond donors (Lipinski definition) is 0. The zero-order valence-corrected chi connectivity index (χ0v) is 16.5. The molecule has 1 aromatic heterocycles. The molecule has 1 aromatic carbocycles. The Bertz CT molecular complexity index is 843. The maximum absolute atomic E-state index is 5.64. The summed E-state index contributed by atoms with van der Waals surface area (Å²) in [6.07, 6.45) is 8.13. The smallest absolute Gasteiger partial charge is 0.257 e. The molecule has 0 bridgehead atoms. The molecule has 0 amide bonds. The van der Waals surface area contributed by atoms with E-state index in [1.54, 1.807) is 19.5 Å². The summed E-state index contributed by atoms with van der Waals surface area (Å²) >= 11 is 0. The predicted molar refractivity (Wildman–Crippen MR) is 108 cm³/mol. The van der Waals surface area contributed by atoms with Crippen molar-refractivity contribution in [2.45, 2.75) is 31.7 Å². The van der Waals surface area contributed by atoms with Crippen molar-refractivity contribution in [3.05, 3.63) is 41.7 Å². The molecule has 3 aliphatic heterocycles. The quantitative estimate of drug-likeness (QED) is 0.795. The van der Waals surface area contributed by atoms with Gasteiger partial charge in [-0.3, -0.25) is 4.90 Å². The minimum Gasteiger partial charge on any atom is -0.493 e. The first-order valence-electron chi connectivity index (χ1n) is 10.4. The number of piperidine rings is 1. The predicted octanol–water partition coefficient (Wildman–Crippen LogP) is 2.56. The number of rotatable bonds is 5. The van der Waals surface area contributed by atoms with Crippen LogP contribution in [0.15, 0.2) is 30.6 Å². The monoisotopic (exact) mass is 380 g/mol. The van der Waals surface area contributed by atoms with Crippen molar-refractivity contribution in [1.82, 2.24) is 14.9 Å². The van der Waals surface area contributed by atoms with Crippen molar-refractivity contribution in [2.24, 2.45) is 5.92 Å². The van der Waals surface area contributed by atoms with Crippen molar-refractivity contribution < 1.29 is 9.47 Å². The number of ether oxygens (including phenoxy) is 2. The molecule has 2 aromatic rings. The maximum atomic E-state index is 5.64. The number of methoxy groups -OCH3 is 1. The average Bonchev–Trinajstić information content (AvgIpc) is 3.38. The first-order valence-corrected chi connectivity index (χ1v) is 10.4. The molecule has 6 heteroatoms. The summed E-state index contributed by atoms with van der Waals surface area (Å²) in [4.78, 5) is 13.9. The number of aromatic nitrogens is 2. The fourth-order valence-electron chi connectivity index (χ4n) is 5.04. The summed E-state index contributed by atoms with van der Waals surface area (Å²) in [5.41, 5.74) is 2.80. The van der Waals surface area contributed by atoms with Crippen LogP contribution >= 0.6 is 0 Å². The molecule has 2 atom stereocenters. The van der Waals surface area contributed by atoms with Gasteiger partial charge in [0.05, 0.1) is 13.7 Å². The van der Waals surface area contributed by atoms with Crippen LogP contribution < -0.4 is 14.4 Å². The lowest BCUT2D eigenvalue weighted by atomic mass is 9.92. The second-order valence-corrected chi connectivity index (χ2v) is 8.07. The largest absolute Gasteiger partial charge is 0.493 e. The molecule has 0 spiro atoms. The third-order valence-electron chi connectivity index (χ3n) is 6.56. The molecule has 28 heavy (non-hydrogen) atoms. The molecule has 0 radical (unpaired) electrons. The summed E-state index contributed by atoms with van der Waals surface area (Å²) in [6.45, 7) is 5.20. The van der Waals surface area contributed by atoms with Crippen LogP contribution in [0.25, 0.3) is 0 Å². The van der Waals surface area contributed by atoms with E-state index in [2.05, 4.69) is 38.0 Å². The van der Waals surface area contributed by atoms with Gasteiger partial charge in [0.1, 0.15) is 5.75 Å². The molecule has 0 saturated carbocycles. The summed E-state index contributed by atoms with van der Waals surface area (Å²) in [5.74, 6) is 3.39. The molecule has 4 heterocycles. The average molecular weight is 380 g/mol. The van der Waals surface area contributed by atoms with Gasteiger partial charge in [-0.2, -0.15) is 0 Å². The van der Waals surface area contributed by atoms with E-state index in [-0.39, 0.29) is 0 Å². The van der Waals surface area contributed by atoms with Crippen LogP contribution in [0.1, 0.15) is 24.0 Å². The minimum absolute atomic E-state index is 0.596. The van der Waals surface area contributed by atoms with Gasteiger partial charge in [0.15, 0.2) is 5.82 Å². The Morgan fingerprint density at radius 1 is 1.18 bits per heavy atom. The number of benzene rings is 1. The van der Waals surface area contributed by atoms with Crippen LogP contribution in [0.5, 0.6) is 11.6 Å². The Kier molecular flexibility index (Phi) is 4.81. The first-order chi connectivity index (χ1) is 13.8. The Morgan fingerprint density at radius 2 is 2.07 bits per heavy atom. The van der Waals surface area contributed by atoms with E-state index in [4.69, 9.17) is 9.47 Å². The van der Waals surface area contributed by atoms with Crippen molar-refractivity contribution in [2.75, 3.05) is 44.8 Å². The molecule has 2 unspecified atom stereocenters. The van der Waals surface area contributed by atoms with Crippen LogP contribution in [0.4, 0.5) is 5.82 Å². The first kappa shape index (κ1) is 17.7. The van der Waals surface area contributed by atoms with Crippen LogP contribution in [-0.4, -0.2) is 60.8 Å². The summed E-state index contributed by atoms with van der Waals surface area (Å²) in [5, 5.41) is 0.